The lowest BCUT2D eigenvalue weighted by atomic mass is 9.78. The van der Waals surface area contributed by atoms with Gasteiger partial charge in [0.25, 0.3) is 0 Å². The third-order valence-corrected chi connectivity index (χ3v) is 7.08. The Labute approximate surface area is 190 Å². The van der Waals surface area contributed by atoms with Gasteiger partial charge in [-0.15, -0.1) is 5.10 Å². The highest BCUT2D eigenvalue weighted by atomic mass is 79.9. The minimum Gasteiger partial charge on any atom is -0.422 e. The molecule has 1 aliphatic heterocycles. The average molecular weight is 475 g/mol. The number of H-pyrrole nitrogens is 1. The van der Waals surface area contributed by atoms with Gasteiger partial charge in [0.2, 0.25) is 11.8 Å². The van der Waals surface area contributed by atoms with Crippen LogP contribution in [0.3, 0.4) is 0 Å². The summed E-state index contributed by atoms with van der Waals surface area (Å²) >= 11 is 3.48. The molecule has 1 aromatic heterocycles. The first-order chi connectivity index (χ1) is 15.2. The van der Waals surface area contributed by atoms with Crippen LogP contribution < -0.4 is 4.74 Å². The molecule has 2 N–H and O–H groups in total. The summed E-state index contributed by atoms with van der Waals surface area (Å²) in [4.78, 5) is 0. The smallest absolute Gasteiger partial charge is 0.244 e. The molecule has 1 saturated carbocycles. The molecule has 0 bridgehead atoms. The number of rotatable bonds is 3. The molecule has 31 heavy (non-hydrogen) atoms. The summed E-state index contributed by atoms with van der Waals surface area (Å²) < 4.78 is 6.61. The number of benzene rings is 2. The van der Waals surface area contributed by atoms with E-state index in [1.807, 2.05) is 24.3 Å². The number of halogens is 1. The van der Waals surface area contributed by atoms with Crippen molar-refractivity contribution in [2.45, 2.75) is 43.9 Å². The Morgan fingerprint density at radius 2 is 1.68 bits per heavy atom. The van der Waals surface area contributed by atoms with Crippen molar-refractivity contribution in [2.24, 2.45) is 5.92 Å². The predicted molar refractivity (Wildman–Crippen MR) is 123 cm³/mol. The van der Waals surface area contributed by atoms with Crippen LogP contribution in [0.25, 0.3) is 11.3 Å². The van der Waals surface area contributed by atoms with E-state index in [1.54, 1.807) is 0 Å². The van der Waals surface area contributed by atoms with Crippen molar-refractivity contribution in [3.8, 4) is 23.2 Å². The number of nitriles is 1. The first kappa shape index (κ1) is 20.0. The molecule has 5 rings (SSSR count). The Hall–Kier alpha value is -2.91. The molecule has 156 valence electrons. The molecule has 3 aromatic rings. The molecular formula is C25H23BrN4O. The van der Waals surface area contributed by atoms with Gasteiger partial charge in [0.1, 0.15) is 5.92 Å². The molecule has 1 fully saturated rings. The topological polar surface area (TPSA) is 85.6 Å². The number of ether oxygens (including phenoxy) is 1. The van der Waals surface area contributed by atoms with Gasteiger partial charge in [-0.3, -0.25) is 10.5 Å². The molecule has 2 aromatic carbocycles. The maximum Gasteiger partial charge on any atom is 0.244 e. The van der Waals surface area contributed by atoms with Gasteiger partial charge in [-0.2, -0.15) is 5.26 Å². The standard InChI is InChI=1S/C25H23BrN4O/c26-19-12-10-17(11-13-19)21-20(14-27)24(28)31-25-22(21)23(29-30-25)18-8-6-16(7-9-18)15-4-2-1-3-5-15/h6-13,15,20-21,28H,1-5H2,(H,29,30). The monoisotopic (exact) mass is 474 g/mol. The molecule has 2 atom stereocenters. The van der Waals surface area contributed by atoms with E-state index < -0.39 is 5.92 Å². The van der Waals surface area contributed by atoms with Crippen molar-refractivity contribution < 1.29 is 4.74 Å². The number of nitrogens with one attached hydrogen (secondary N) is 2. The van der Waals surface area contributed by atoms with Gasteiger partial charge < -0.3 is 4.74 Å². The van der Waals surface area contributed by atoms with E-state index in [4.69, 9.17) is 10.1 Å². The van der Waals surface area contributed by atoms with E-state index in [9.17, 15) is 5.26 Å². The first-order valence-corrected chi connectivity index (χ1v) is 11.5. The second-order valence-electron chi connectivity index (χ2n) is 8.38. The second-order valence-corrected chi connectivity index (χ2v) is 9.29. The third-order valence-electron chi connectivity index (χ3n) is 6.55. The number of aromatic nitrogens is 2. The molecule has 0 amide bonds. The summed E-state index contributed by atoms with van der Waals surface area (Å²) in [5.74, 6) is -0.0437. The van der Waals surface area contributed by atoms with Gasteiger partial charge in [0.15, 0.2) is 0 Å². The lowest BCUT2D eigenvalue weighted by Crippen LogP contribution is -2.30. The van der Waals surface area contributed by atoms with Crippen LogP contribution in [0.15, 0.2) is 53.0 Å². The minimum atomic E-state index is -0.702. The van der Waals surface area contributed by atoms with E-state index in [-0.39, 0.29) is 11.8 Å². The van der Waals surface area contributed by atoms with Gasteiger partial charge >= 0.3 is 0 Å². The summed E-state index contributed by atoms with van der Waals surface area (Å²) in [6.45, 7) is 0. The van der Waals surface area contributed by atoms with Gasteiger partial charge in [0, 0.05) is 10.4 Å². The lowest BCUT2D eigenvalue weighted by molar-refractivity contribution is 0.437. The summed E-state index contributed by atoms with van der Waals surface area (Å²) in [5.41, 5.74) is 5.07. The fourth-order valence-electron chi connectivity index (χ4n) is 4.93. The maximum absolute atomic E-state index is 9.84. The quantitative estimate of drug-likeness (QED) is 0.452. The molecule has 1 aliphatic carbocycles. The van der Waals surface area contributed by atoms with E-state index >= 15 is 0 Å². The number of nitrogens with zero attached hydrogens (tertiary/aromatic N) is 2. The molecule has 5 nitrogen and oxygen atoms in total. The van der Waals surface area contributed by atoms with Crippen LogP contribution in [-0.2, 0) is 0 Å². The Morgan fingerprint density at radius 3 is 2.35 bits per heavy atom. The summed E-state index contributed by atoms with van der Waals surface area (Å²) in [7, 11) is 0. The number of hydrogen-bond acceptors (Lipinski definition) is 4. The molecule has 2 heterocycles. The van der Waals surface area contributed by atoms with Crippen LogP contribution >= 0.6 is 15.9 Å². The maximum atomic E-state index is 9.84. The Kier molecular flexibility index (Phi) is 5.37. The minimum absolute atomic E-state index is 0.0615. The fourth-order valence-corrected chi connectivity index (χ4v) is 5.19. The average Bonchev–Trinajstić information content (AvgIpc) is 3.23. The Balaban J connectivity index is 1.56. The number of aromatic amines is 1. The SMILES string of the molecule is N#CC1C(=N)Oc2n[nH]c(-c3ccc(C4CCCCC4)cc3)c2C1c1ccc(Br)cc1. The predicted octanol–water partition coefficient (Wildman–Crippen LogP) is 6.53. The van der Waals surface area contributed by atoms with Crippen LogP contribution in [0.2, 0.25) is 0 Å². The Bertz CT molecular complexity index is 1140. The van der Waals surface area contributed by atoms with Gasteiger partial charge in [0.05, 0.1) is 17.3 Å². The molecule has 2 aliphatic rings. The van der Waals surface area contributed by atoms with Gasteiger partial charge in [-0.25, -0.2) is 0 Å². The van der Waals surface area contributed by atoms with Crippen LogP contribution in [0.1, 0.15) is 60.6 Å². The third kappa shape index (κ3) is 3.68. The van der Waals surface area contributed by atoms with Crippen molar-refractivity contribution in [2.75, 3.05) is 0 Å². The van der Waals surface area contributed by atoms with E-state index in [2.05, 4.69) is 56.5 Å². The first-order valence-electron chi connectivity index (χ1n) is 10.8. The van der Waals surface area contributed by atoms with Crippen LogP contribution in [0.5, 0.6) is 5.88 Å². The van der Waals surface area contributed by atoms with Crippen LogP contribution in [-0.4, -0.2) is 16.1 Å². The summed E-state index contributed by atoms with van der Waals surface area (Å²) in [6, 6.07) is 18.9. The zero-order valence-corrected chi connectivity index (χ0v) is 18.7. The Morgan fingerprint density at radius 1 is 1.00 bits per heavy atom. The highest BCUT2D eigenvalue weighted by molar-refractivity contribution is 9.10. The van der Waals surface area contributed by atoms with Crippen LogP contribution in [0, 0.1) is 22.7 Å². The molecule has 6 heteroatoms. The highest BCUT2D eigenvalue weighted by Gasteiger charge is 2.40. The van der Waals surface area contributed by atoms with Gasteiger partial charge in [-0.05, 0) is 47.6 Å². The molecule has 2 unspecified atom stereocenters. The van der Waals surface area contributed by atoms with Crippen molar-refractivity contribution in [1.82, 2.24) is 10.2 Å². The van der Waals surface area contributed by atoms with Crippen molar-refractivity contribution in [3.05, 3.63) is 69.7 Å². The van der Waals surface area contributed by atoms with Crippen molar-refractivity contribution in [1.29, 1.82) is 10.7 Å². The zero-order chi connectivity index (χ0) is 21.4. The zero-order valence-electron chi connectivity index (χ0n) is 17.1. The van der Waals surface area contributed by atoms with Crippen molar-refractivity contribution >= 4 is 21.8 Å². The van der Waals surface area contributed by atoms with Gasteiger partial charge in [-0.1, -0.05) is 71.6 Å². The van der Waals surface area contributed by atoms with E-state index in [0.29, 0.717) is 11.8 Å². The normalized spacial score (nSPS) is 21.2. The molecule has 0 spiro atoms. The van der Waals surface area contributed by atoms with Crippen LogP contribution in [0.4, 0.5) is 0 Å². The highest BCUT2D eigenvalue weighted by Crippen LogP contribution is 2.46. The van der Waals surface area contributed by atoms with E-state index in [1.165, 1.54) is 37.7 Å². The summed E-state index contributed by atoms with van der Waals surface area (Å²) in [6.07, 6.45) is 6.51. The number of fused-ring (bicyclic) bond motifs is 1. The molecular weight excluding hydrogens is 452 g/mol. The van der Waals surface area contributed by atoms with Crippen molar-refractivity contribution in [3.63, 3.8) is 0 Å². The fraction of sp³-hybridized carbons (Fsp3) is 0.320. The molecule has 0 radical (unpaired) electrons. The van der Waals surface area contributed by atoms with E-state index in [0.717, 1.165) is 26.9 Å². The molecule has 0 saturated heterocycles. The number of hydrogen-bond donors (Lipinski definition) is 2. The summed E-state index contributed by atoms with van der Waals surface area (Å²) in [5, 5.41) is 25.6. The largest absolute Gasteiger partial charge is 0.422 e. The lowest BCUT2D eigenvalue weighted by Gasteiger charge is -2.28. The second kappa shape index (κ2) is 8.32.